The number of ketones is 1. The number of nitrogens with one attached hydrogen (secondary N) is 1. The molecule has 194 valence electrons. The smallest absolute Gasteiger partial charge is 0.387 e. The molecule has 0 radical (unpaired) electrons. The van der Waals surface area contributed by atoms with E-state index in [4.69, 9.17) is 0 Å². The first-order chi connectivity index (χ1) is 16.9. The van der Waals surface area contributed by atoms with Crippen molar-refractivity contribution in [1.29, 1.82) is 0 Å². The topological polar surface area (TPSA) is 107 Å². The van der Waals surface area contributed by atoms with Gasteiger partial charge < -0.3 is 10.1 Å². The highest BCUT2D eigenvalue weighted by atomic mass is 32.2. The van der Waals surface area contributed by atoms with Crippen molar-refractivity contribution in [2.45, 2.75) is 63.6 Å². The highest BCUT2D eigenvalue weighted by Gasteiger charge is 2.47. The molecule has 1 aromatic carbocycles. The molecule has 0 spiro atoms. The van der Waals surface area contributed by atoms with E-state index in [0.717, 1.165) is 12.1 Å². The van der Waals surface area contributed by atoms with Crippen LogP contribution in [0.5, 0.6) is 5.75 Å². The van der Waals surface area contributed by atoms with Gasteiger partial charge in [-0.2, -0.15) is 13.9 Å². The van der Waals surface area contributed by atoms with Crippen LogP contribution in [-0.2, 0) is 32.3 Å². The second-order valence-corrected chi connectivity index (χ2v) is 12.2. The zero-order chi connectivity index (χ0) is 25.8. The number of fused-ring (bicyclic) bond motifs is 1. The van der Waals surface area contributed by atoms with E-state index in [2.05, 4.69) is 15.2 Å². The molecule has 1 amide bonds. The Hall–Kier alpha value is -2.89. The van der Waals surface area contributed by atoms with Crippen molar-refractivity contribution >= 4 is 21.5 Å². The number of hydrogen-bond donors (Lipinski definition) is 1. The quantitative estimate of drug-likeness (QED) is 0.622. The van der Waals surface area contributed by atoms with Crippen LogP contribution >= 0.6 is 0 Å². The molecule has 12 heteroatoms. The largest absolute Gasteiger partial charge is 0.435 e. The minimum Gasteiger partial charge on any atom is -0.435 e. The van der Waals surface area contributed by atoms with Crippen LogP contribution < -0.4 is 10.1 Å². The van der Waals surface area contributed by atoms with Gasteiger partial charge in [0.05, 0.1) is 22.7 Å². The van der Waals surface area contributed by atoms with Crippen LogP contribution in [0.3, 0.4) is 0 Å². The Kier molecular flexibility index (Phi) is 6.12. The van der Waals surface area contributed by atoms with E-state index >= 15 is 0 Å². The highest BCUT2D eigenvalue weighted by molar-refractivity contribution is 7.93. The van der Waals surface area contributed by atoms with Gasteiger partial charge in [0, 0.05) is 35.6 Å². The second-order valence-electron chi connectivity index (χ2n) is 10.1. The number of halogens is 3. The lowest BCUT2D eigenvalue weighted by atomic mass is 9.84. The fraction of sp³-hybridized carbons (Fsp3) is 0.542. The van der Waals surface area contributed by atoms with Gasteiger partial charge in [0.1, 0.15) is 17.6 Å². The molecule has 8 nitrogen and oxygen atoms in total. The lowest BCUT2D eigenvalue weighted by molar-refractivity contribution is -0.126. The third kappa shape index (κ3) is 4.62. The van der Waals surface area contributed by atoms with Gasteiger partial charge >= 0.3 is 6.61 Å². The normalized spacial score (nSPS) is 24.3. The summed E-state index contributed by atoms with van der Waals surface area (Å²) in [6.07, 6.45) is 2.67. The second kappa shape index (κ2) is 8.89. The Bertz CT molecular complexity index is 1330. The van der Waals surface area contributed by atoms with Crippen molar-refractivity contribution < 1.29 is 35.9 Å². The summed E-state index contributed by atoms with van der Waals surface area (Å²) in [7, 11) is -3.14. The standard InChI is InChI=1S/C24H26F3N3O5S/c1-24(11-36(33,34)12-24)28-22(32)13-5-7-15-19(9-13)30(18-3-2-4-20(18)31)29-21(15)16-10-14(35-23(26)27)6-8-17(16)25/h6,8,10,13,18,23H,2-5,7,9,11-12H2,1H3,(H,28,32)/t13-,18?/m1/s1. The van der Waals surface area contributed by atoms with Crippen LogP contribution in [0.25, 0.3) is 11.3 Å². The predicted molar refractivity (Wildman–Crippen MR) is 123 cm³/mol. The Morgan fingerprint density at radius 2 is 2.00 bits per heavy atom. The number of rotatable bonds is 6. The molecule has 1 N–H and O–H groups in total. The minimum absolute atomic E-state index is 0.000803. The average molecular weight is 526 g/mol. The van der Waals surface area contributed by atoms with E-state index in [1.54, 1.807) is 11.6 Å². The third-order valence-electron chi connectivity index (χ3n) is 7.16. The van der Waals surface area contributed by atoms with Gasteiger partial charge in [0.25, 0.3) is 0 Å². The van der Waals surface area contributed by atoms with Crippen LogP contribution in [0.2, 0.25) is 0 Å². The molecule has 5 rings (SSSR count). The first-order valence-electron chi connectivity index (χ1n) is 11.8. The number of amides is 1. The fourth-order valence-corrected chi connectivity index (χ4v) is 7.65. The van der Waals surface area contributed by atoms with Crippen LogP contribution in [0.1, 0.15) is 49.9 Å². The summed E-state index contributed by atoms with van der Waals surface area (Å²) < 4.78 is 69.6. The maximum Gasteiger partial charge on any atom is 0.387 e. The number of hydrogen-bond acceptors (Lipinski definition) is 6. The molecular weight excluding hydrogens is 499 g/mol. The van der Waals surface area contributed by atoms with Gasteiger partial charge in [-0.15, -0.1) is 0 Å². The first-order valence-corrected chi connectivity index (χ1v) is 13.7. The summed E-state index contributed by atoms with van der Waals surface area (Å²) in [6, 6.07) is 2.77. The number of nitrogens with zero attached hydrogens (tertiary/aromatic N) is 2. The number of alkyl halides is 2. The molecule has 1 aliphatic heterocycles. The van der Waals surface area contributed by atoms with E-state index in [-0.39, 0.29) is 46.6 Å². The molecule has 1 saturated heterocycles. The van der Waals surface area contributed by atoms with Crippen molar-refractivity contribution in [2.75, 3.05) is 11.5 Å². The van der Waals surface area contributed by atoms with Crippen LogP contribution in [0, 0.1) is 11.7 Å². The molecule has 1 unspecified atom stereocenters. The van der Waals surface area contributed by atoms with Gasteiger partial charge in [-0.3, -0.25) is 14.3 Å². The maximum atomic E-state index is 14.9. The molecular formula is C24H26F3N3O5S. The van der Waals surface area contributed by atoms with Crippen molar-refractivity contribution in [3.63, 3.8) is 0 Å². The third-order valence-corrected chi connectivity index (χ3v) is 9.31. The number of benzene rings is 1. The Morgan fingerprint density at radius 3 is 2.64 bits per heavy atom. The van der Waals surface area contributed by atoms with Crippen LogP contribution in [-0.4, -0.2) is 53.5 Å². The number of sulfone groups is 1. The summed E-state index contributed by atoms with van der Waals surface area (Å²) >= 11 is 0. The summed E-state index contributed by atoms with van der Waals surface area (Å²) in [5.41, 5.74) is 0.741. The number of carbonyl (C=O) groups excluding carboxylic acids is 2. The monoisotopic (exact) mass is 525 g/mol. The summed E-state index contributed by atoms with van der Waals surface area (Å²) in [5.74, 6) is -1.85. The van der Waals surface area contributed by atoms with E-state index in [1.807, 2.05) is 0 Å². The van der Waals surface area contributed by atoms with E-state index in [0.29, 0.717) is 43.4 Å². The molecule has 1 aromatic heterocycles. The van der Waals surface area contributed by atoms with Gasteiger partial charge in [-0.1, -0.05) is 0 Å². The van der Waals surface area contributed by atoms with E-state index in [1.165, 1.54) is 6.07 Å². The molecule has 2 fully saturated rings. The molecule has 0 bridgehead atoms. The number of Topliss-reactive ketones (excluding diaryl/α,β-unsaturated/α-hetero) is 1. The van der Waals surface area contributed by atoms with Crippen molar-refractivity contribution in [1.82, 2.24) is 15.1 Å². The Labute approximate surface area is 206 Å². The maximum absolute atomic E-state index is 14.9. The zero-order valence-corrected chi connectivity index (χ0v) is 20.4. The molecule has 36 heavy (non-hydrogen) atoms. The molecule has 2 aliphatic carbocycles. The van der Waals surface area contributed by atoms with Crippen LogP contribution in [0.4, 0.5) is 13.2 Å². The van der Waals surface area contributed by atoms with Gasteiger partial charge in [0.2, 0.25) is 5.91 Å². The van der Waals surface area contributed by atoms with Crippen molar-refractivity contribution in [3.05, 3.63) is 35.3 Å². The minimum atomic E-state index is -3.14. The summed E-state index contributed by atoms with van der Waals surface area (Å²) in [5, 5.41) is 7.45. The molecule has 1 saturated carbocycles. The molecule has 2 atom stereocenters. The van der Waals surface area contributed by atoms with Gasteiger partial charge in [-0.25, -0.2) is 12.8 Å². The van der Waals surface area contributed by atoms with Gasteiger partial charge in [0.15, 0.2) is 15.6 Å². The number of ether oxygens (including phenoxy) is 1. The molecule has 2 heterocycles. The number of carbonyl (C=O) groups is 2. The van der Waals surface area contributed by atoms with E-state index in [9.17, 15) is 31.2 Å². The SMILES string of the molecule is CC1(NC(=O)[C@@H]2CCc3c(-c4cc(OC(F)F)ccc4F)nn(C4CCCC4=O)c3C2)CS(=O)(=O)C1. The first kappa shape index (κ1) is 24.8. The summed E-state index contributed by atoms with van der Waals surface area (Å²) in [4.78, 5) is 25.6. The molecule has 3 aliphatic rings. The van der Waals surface area contributed by atoms with Crippen molar-refractivity contribution in [3.8, 4) is 17.0 Å². The van der Waals surface area contributed by atoms with Gasteiger partial charge in [-0.05, 0) is 50.8 Å². The highest BCUT2D eigenvalue weighted by Crippen LogP contribution is 2.39. The van der Waals surface area contributed by atoms with Crippen LogP contribution in [0.15, 0.2) is 18.2 Å². The average Bonchev–Trinajstić information content (AvgIpc) is 3.35. The number of aromatic nitrogens is 2. The van der Waals surface area contributed by atoms with Crippen molar-refractivity contribution in [2.24, 2.45) is 5.92 Å². The fourth-order valence-electron chi connectivity index (χ4n) is 5.65. The Morgan fingerprint density at radius 1 is 1.25 bits per heavy atom. The summed E-state index contributed by atoms with van der Waals surface area (Å²) in [6.45, 7) is -1.38. The van der Waals surface area contributed by atoms with E-state index < -0.39 is 39.8 Å². The predicted octanol–water partition coefficient (Wildman–Crippen LogP) is 2.99. The Balaban J connectivity index is 1.49. The molecule has 2 aromatic rings. The lowest BCUT2D eigenvalue weighted by Gasteiger charge is -2.39. The lowest BCUT2D eigenvalue weighted by Crippen LogP contribution is -2.64. The zero-order valence-electron chi connectivity index (χ0n) is 19.6.